The Hall–Kier alpha value is -4.09. The number of thiazole rings is 1. The van der Waals surface area contributed by atoms with Gasteiger partial charge in [0, 0.05) is 18.8 Å². The van der Waals surface area contributed by atoms with E-state index in [9.17, 15) is 22.8 Å². The van der Waals surface area contributed by atoms with Crippen LogP contribution in [0.2, 0.25) is 0 Å². The lowest BCUT2D eigenvalue weighted by atomic mass is 9.97. The van der Waals surface area contributed by atoms with Crippen molar-refractivity contribution in [1.82, 2.24) is 14.6 Å². The molecule has 0 radical (unpaired) electrons. The first kappa shape index (κ1) is 29.9. The zero-order valence-corrected chi connectivity index (χ0v) is 24.9. The maximum atomic E-state index is 13.4. The number of carbonyl (C=O) groups excluding carboxylic acids is 3. The zero-order chi connectivity index (χ0) is 29.7. The number of fused-ring (bicyclic) bond motifs is 1. The van der Waals surface area contributed by atoms with E-state index in [0.29, 0.717) is 40.3 Å². The number of benzene rings is 3. The molecule has 0 spiro atoms. The Morgan fingerprint density at radius 2 is 1.59 bits per heavy atom. The minimum atomic E-state index is -4.23. The van der Waals surface area contributed by atoms with Crippen molar-refractivity contribution in [3.05, 3.63) is 87.9 Å². The maximum absolute atomic E-state index is 13.4. The summed E-state index contributed by atoms with van der Waals surface area (Å²) in [4.78, 5) is 45.6. The Bertz CT molecular complexity index is 1690. The lowest BCUT2D eigenvalue weighted by Gasteiger charge is -2.24. The molecule has 3 aromatic carbocycles. The molecular weight excluding hydrogens is 560 g/mol. The van der Waals surface area contributed by atoms with E-state index in [4.69, 9.17) is 0 Å². The highest BCUT2D eigenvalue weighted by Crippen LogP contribution is 2.22. The first-order valence-electron chi connectivity index (χ1n) is 13.2. The molecule has 1 atom stereocenters. The molecule has 4 aromatic rings. The highest BCUT2D eigenvalue weighted by molar-refractivity contribution is 7.90. The molecule has 9 nitrogen and oxygen atoms in total. The number of amides is 3. The summed E-state index contributed by atoms with van der Waals surface area (Å²) in [5.74, 6) is -2.90. The van der Waals surface area contributed by atoms with Crippen molar-refractivity contribution >= 4 is 55.5 Å². The molecule has 1 aromatic heterocycles. The lowest BCUT2D eigenvalue weighted by molar-refractivity contribution is -0.141. The third kappa shape index (κ3) is 6.98. The van der Waals surface area contributed by atoms with E-state index in [2.05, 4.69) is 15.0 Å². The second-order valence-electron chi connectivity index (χ2n) is 9.54. The predicted molar refractivity (Wildman–Crippen MR) is 160 cm³/mol. The maximum Gasteiger partial charge on any atom is 0.267 e. The minimum Gasteiger partial charge on any atom is -0.343 e. The van der Waals surface area contributed by atoms with Gasteiger partial charge in [-0.25, -0.2) is 18.1 Å². The monoisotopic (exact) mass is 592 g/mol. The Labute approximate surface area is 243 Å². The van der Waals surface area contributed by atoms with Gasteiger partial charge < -0.3 is 10.2 Å². The number of rotatable bonds is 10. The Morgan fingerprint density at radius 1 is 0.927 bits per heavy atom. The molecule has 0 bridgehead atoms. The van der Waals surface area contributed by atoms with Gasteiger partial charge in [-0.1, -0.05) is 42.5 Å². The van der Waals surface area contributed by atoms with Crippen molar-refractivity contribution in [2.75, 3.05) is 18.4 Å². The molecule has 0 saturated heterocycles. The summed E-state index contributed by atoms with van der Waals surface area (Å²) in [6.07, 6.45) is -0.0181. The Kier molecular flexibility index (Phi) is 9.19. The van der Waals surface area contributed by atoms with E-state index in [1.807, 2.05) is 19.1 Å². The molecule has 0 aliphatic heterocycles. The van der Waals surface area contributed by atoms with Crippen LogP contribution in [0.1, 0.15) is 39.8 Å². The molecule has 1 heterocycles. The lowest BCUT2D eigenvalue weighted by Crippen LogP contribution is -2.46. The zero-order valence-electron chi connectivity index (χ0n) is 23.3. The molecule has 41 heavy (non-hydrogen) atoms. The number of aromatic nitrogens is 1. The molecule has 1 unspecified atom stereocenters. The van der Waals surface area contributed by atoms with Crippen LogP contribution in [0.25, 0.3) is 10.8 Å². The molecule has 214 valence electrons. The van der Waals surface area contributed by atoms with Crippen LogP contribution in [-0.2, 0) is 26.0 Å². The van der Waals surface area contributed by atoms with Gasteiger partial charge in [0.25, 0.3) is 15.9 Å². The first-order valence-corrected chi connectivity index (χ1v) is 15.5. The molecule has 11 heteroatoms. The van der Waals surface area contributed by atoms with Crippen molar-refractivity contribution in [2.24, 2.45) is 5.92 Å². The standard InChI is InChI=1S/C30H32N4O5S2/c1-5-34(6-2)30(37)26(28(35)33-41(38,39)25-16-13-22-9-7-8-10-23(22)18-25)17-21-11-14-24(15-12-21)32-29(36)27-19(3)31-20(4)40-27/h7-16,18,26H,5-6,17H2,1-4H3,(H,32,36)(H,33,35). The Balaban J connectivity index is 1.54. The number of hydrogen-bond acceptors (Lipinski definition) is 7. The van der Waals surface area contributed by atoms with Gasteiger partial charge in [0.15, 0.2) is 0 Å². The average molecular weight is 593 g/mol. The number of nitrogens with one attached hydrogen (secondary N) is 2. The second-order valence-corrected chi connectivity index (χ2v) is 12.4. The predicted octanol–water partition coefficient (Wildman–Crippen LogP) is 4.70. The average Bonchev–Trinajstić information content (AvgIpc) is 3.30. The summed E-state index contributed by atoms with van der Waals surface area (Å²) in [7, 11) is -4.23. The van der Waals surface area contributed by atoms with Gasteiger partial charge in [0.1, 0.15) is 10.8 Å². The van der Waals surface area contributed by atoms with Gasteiger partial charge >= 0.3 is 0 Å². The van der Waals surface area contributed by atoms with Crippen LogP contribution in [-0.4, -0.2) is 49.1 Å². The third-order valence-electron chi connectivity index (χ3n) is 6.72. The minimum absolute atomic E-state index is 0.0181. The highest BCUT2D eigenvalue weighted by atomic mass is 32.2. The van der Waals surface area contributed by atoms with Crippen LogP contribution >= 0.6 is 11.3 Å². The third-order valence-corrected chi connectivity index (χ3v) is 9.13. The van der Waals surface area contributed by atoms with Gasteiger partial charge in [0.2, 0.25) is 11.8 Å². The van der Waals surface area contributed by atoms with Gasteiger partial charge in [-0.3, -0.25) is 14.4 Å². The van der Waals surface area contributed by atoms with E-state index in [1.165, 1.54) is 28.4 Å². The summed E-state index contributed by atoms with van der Waals surface area (Å²) in [5.41, 5.74) is 1.83. The number of sulfonamides is 1. The summed E-state index contributed by atoms with van der Waals surface area (Å²) in [6.45, 7) is 7.95. The van der Waals surface area contributed by atoms with Crippen LogP contribution in [0.15, 0.2) is 71.6 Å². The van der Waals surface area contributed by atoms with Gasteiger partial charge in [0.05, 0.1) is 15.6 Å². The normalized spacial score (nSPS) is 12.1. The molecule has 0 aliphatic carbocycles. The van der Waals surface area contributed by atoms with Crippen molar-refractivity contribution in [1.29, 1.82) is 0 Å². The molecule has 4 rings (SSSR count). The molecular formula is C30H32N4O5S2. The van der Waals surface area contributed by atoms with Crippen LogP contribution in [0.3, 0.4) is 0 Å². The number of hydrogen-bond donors (Lipinski definition) is 2. The molecule has 0 aliphatic rings. The van der Waals surface area contributed by atoms with E-state index in [-0.39, 0.29) is 17.2 Å². The summed E-state index contributed by atoms with van der Waals surface area (Å²) < 4.78 is 28.5. The summed E-state index contributed by atoms with van der Waals surface area (Å²) in [5, 5.41) is 5.21. The number of aryl methyl sites for hydroxylation is 2. The molecule has 2 N–H and O–H groups in total. The molecule has 3 amide bonds. The van der Waals surface area contributed by atoms with Gasteiger partial charge in [-0.15, -0.1) is 11.3 Å². The van der Waals surface area contributed by atoms with Crippen molar-refractivity contribution in [2.45, 2.75) is 39.0 Å². The SMILES string of the molecule is CCN(CC)C(=O)C(Cc1ccc(NC(=O)c2sc(C)nc2C)cc1)C(=O)NS(=O)(=O)c1ccc2ccccc2c1. The highest BCUT2D eigenvalue weighted by Gasteiger charge is 2.33. The van der Waals surface area contributed by atoms with Gasteiger partial charge in [-0.2, -0.15) is 0 Å². The fraction of sp³-hybridized carbons (Fsp3) is 0.267. The van der Waals surface area contributed by atoms with Crippen LogP contribution in [0.4, 0.5) is 5.69 Å². The number of anilines is 1. The van der Waals surface area contributed by atoms with Crippen molar-refractivity contribution in [3.63, 3.8) is 0 Å². The second kappa shape index (κ2) is 12.6. The number of nitrogens with zero attached hydrogens (tertiary/aromatic N) is 2. The van der Waals surface area contributed by atoms with Gasteiger partial charge in [-0.05, 0) is 74.7 Å². The van der Waals surface area contributed by atoms with E-state index in [1.54, 1.807) is 63.2 Å². The van der Waals surface area contributed by atoms with Crippen LogP contribution in [0.5, 0.6) is 0 Å². The Morgan fingerprint density at radius 3 is 2.20 bits per heavy atom. The quantitative estimate of drug-likeness (QED) is 0.257. The largest absolute Gasteiger partial charge is 0.343 e. The van der Waals surface area contributed by atoms with Crippen LogP contribution in [0, 0.1) is 19.8 Å². The van der Waals surface area contributed by atoms with Crippen LogP contribution < -0.4 is 10.0 Å². The fourth-order valence-corrected chi connectivity index (χ4v) is 6.40. The van der Waals surface area contributed by atoms with E-state index < -0.39 is 27.8 Å². The number of carbonyl (C=O) groups is 3. The molecule has 0 saturated carbocycles. The van der Waals surface area contributed by atoms with E-state index >= 15 is 0 Å². The van der Waals surface area contributed by atoms with Crippen molar-refractivity contribution < 1.29 is 22.8 Å². The summed E-state index contributed by atoms with van der Waals surface area (Å²) in [6, 6.07) is 18.7. The first-order chi connectivity index (χ1) is 19.5. The smallest absolute Gasteiger partial charge is 0.267 e. The summed E-state index contributed by atoms with van der Waals surface area (Å²) >= 11 is 1.31. The fourth-order valence-electron chi connectivity index (χ4n) is 4.53. The molecule has 0 fully saturated rings. The van der Waals surface area contributed by atoms with Crippen molar-refractivity contribution in [3.8, 4) is 0 Å². The topological polar surface area (TPSA) is 126 Å². The van der Waals surface area contributed by atoms with E-state index in [0.717, 1.165) is 10.4 Å².